The Morgan fingerprint density at radius 2 is 2.08 bits per heavy atom. The summed E-state index contributed by atoms with van der Waals surface area (Å²) in [5, 5.41) is 2.70. The van der Waals surface area contributed by atoms with E-state index >= 15 is 0 Å². The van der Waals surface area contributed by atoms with Crippen molar-refractivity contribution in [2.45, 2.75) is 0 Å². The zero-order chi connectivity index (χ0) is 9.03. The lowest BCUT2D eigenvalue weighted by Crippen LogP contribution is -2.37. The van der Waals surface area contributed by atoms with Crippen molar-refractivity contribution in [2.75, 3.05) is 40.5 Å². The summed E-state index contributed by atoms with van der Waals surface area (Å²) in [5.74, 6) is 0. The first-order chi connectivity index (χ1) is 5.73. The summed E-state index contributed by atoms with van der Waals surface area (Å²) in [6.07, 6.45) is 0. The van der Waals surface area contributed by atoms with Crippen LogP contribution in [0.25, 0.3) is 0 Å². The Bertz CT molecular complexity index is 174. The van der Waals surface area contributed by atoms with Gasteiger partial charge in [-0.2, -0.15) is 0 Å². The molecule has 1 aliphatic heterocycles. The molecule has 1 aliphatic rings. The molecule has 0 aromatic rings. The Morgan fingerprint density at radius 3 is 2.50 bits per heavy atom. The molecule has 5 nitrogen and oxygen atoms in total. The van der Waals surface area contributed by atoms with Crippen LogP contribution in [0, 0.1) is 0 Å². The van der Waals surface area contributed by atoms with Crippen LogP contribution < -0.4 is 5.09 Å². The summed E-state index contributed by atoms with van der Waals surface area (Å²) < 4.78 is 23.7. The molecule has 0 aromatic carbocycles. The van der Waals surface area contributed by atoms with E-state index in [1.165, 1.54) is 7.11 Å². The number of ether oxygens (including phenoxy) is 1. The topological polar surface area (TPSA) is 50.8 Å². The first-order valence-corrected chi connectivity index (χ1v) is 5.48. The number of morpholine rings is 1. The molecule has 12 heavy (non-hydrogen) atoms. The van der Waals surface area contributed by atoms with Gasteiger partial charge in [-0.05, 0) is 7.05 Å². The third kappa shape index (κ3) is 2.06. The van der Waals surface area contributed by atoms with E-state index in [9.17, 15) is 4.57 Å². The van der Waals surface area contributed by atoms with Crippen molar-refractivity contribution in [3.8, 4) is 0 Å². The van der Waals surface area contributed by atoms with E-state index in [0.717, 1.165) is 0 Å². The third-order valence-electron chi connectivity index (χ3n) is 1.89. The van der Waals surface area contributed by atoms with Gasteiger partial charge >= 0.3 is 7.67 Å². The minimum absolute atomic E-state index is 0.620. The van der Waals surface area contributed by atoms with Crippen LogP contribution in [0.1, 0.15) is 0 Å². The lowest BCUT2D eigenvalue weighted by atomic mass is 10.5. The molecule has 0 saturated carbocycles. The largest absolute Gasteiger partial charge is 0.379 e. The third-order valence-corrected chi connectivity index (χ3v) is 4.09. The molecule has 0 aromatic heterocycles. The number of nitrogens with zero attached hydrogens (tertiary/aromatic N) is 1. The molecule has 0 amide bonds. The predicted octanol–water partition coefficient (Wildman–Crippen LogP) is 0.292. The van der Waals surface area contributed by atoms with E-state index in [0.29, 0.717) is 26.3 Å². The predicted molar refractivity (Wildman–Crippen MR) is 46.1 cm³/mol. The van der Waals surface area contributed by atoms with Crippen molar-refractivity contribution < 1.29 is 13.8 Å². The highest BCUT2D eigenvalue weighted by Gasteiger charge is 2.30. The Balaban J connectivity index is 2.58. The Hall–Kier alpha value is 0.0700. The van der Waals surface area contributed by atoms with Crippen LogP contribution in [0.2, 0.25) is 0 Å². The smallest absolute Gasteiger partial charge is 0.343 e. The molecule has 1 N–H and O–H groups in total. The van der Waals surface area contributed by atoms with Gasteiger partial charge in [-0.15, -0.1) is 0 Å². The zero-order valence-corrected chi connectivity index (χ0v) is 8.34. The van der Waals surface area contributed by atoms with Gasteiger partial charge in [0.15, 0.2) is 0 Å². The molecular formula is C6H15N2O3P. The average molecular weight is 194 g/mol. The van der Waals surface area contributed by atoms with E-state index in [4.69, 9.17) is 9.26 Å². The van der Waals surface area contributed by atoms with Gasteiger partial charge in [-0.25, -0.2) is 9.76 Å². The molecule has 1 atom stereocenters. The lowest BCUT2D eigenvalue weighted by molar-refractivity contribution is 0.0654. The summed E-state index contributed by atoms with van der Waals surface area (Å²) >= 11 is 0. The molecule has 0 bridgehead atoms. The monoisotopic (exact) mass is 194 g/mol. The van der Waals surface area contributed by atoms with Gasteiger partial charge in [0, 0.05) is 20.2 Å². The van der Waals surface area contributed by atoms with Crippen LogP contribution in [-0.2, 0) is 13.8 Å². The van der Waals surface area contributed by atoms with Crippen molar-refractivity contribution in [1.29, 1.82) is 0 Å². The average Bonchev–Trinajstić information content (AvgIpc) is 2.18. The van der Waals surface area contributed by atoms with Crippen molar-refractivity contribution in [3.05, 3.63) is 0 Å². The van der Waals surface area contributed by atoms with Crippen LogP contribution in [0.15, 0.2) is 0 Å². The van der Waals surface area contributed by atoms with Gasteiger partial charge in [-0.3, -0.25) is 4.57 Å². The molecular weight excluding hydrogens is 179 g/mol. The van der Waals surface area contributed by atoms with Crippen LogP contribution in [-0.4, -0.2) is 45.1 Å². The molecule has 1 unspecified atom stereocenters. The lowest BCUT2D eigenvalue weighted by Gasteiger charge is -2.31. The molecule has 1 heterocycles. The van der Waals surface area contributed by atoms with Crippen LogP contribution >= 0.6 is 7.67 Å². The van der Waals surface area contributed by atoms with Gasteiger partial charge in [0.1, 0.15) is 0 Å². The summed E-state index contributed by atoms with van der Waals surface area (Å²) in [6, 6.07) is 0. The SMILES string of the molecule is CNP(=O)(OC)N1CCOCC1. The molecule has 6 heteroatoms. The molecule has 1 saturated heterocycles. The highest BCUT2D eigenvalue weighted by molar-refractivity contribution is 7.54. The molecule has 1 rings (SSSR count). The van der Waals surface area contributed by atoms with Crippen molar-refractivity contribution in [2.24, 2.45) is 0 Å². The van der Waals surface area contributed by atoms with Crippen LogP contribution in [0.4, 0.5) is 0 Å². The first-order valence-electron chi connectivity index (χ1n) is 3.91. The fourth-order valence-corrected chi connectivity index (χ4v) is 2.55. The van der Waals surface area contributed by atoms with Crippen molar-refractivity contribution in [1.82, 2.24) is 9.76 Å². The van der Waals surface area contributed by atoms with E-state index in [1.54, 1.807) is 11.7 Å². The van der Waals surface area contributed by atoms with Gasteiger partial charge < -0.3 is 9.26 Å². The summed E-state index contributed by atoms with van der Waals surface area (Å²) in [7, 11) is 0.337. The Kier molecular flexibility index (Phi) is 3.68. The maximum Gasteiger partial charge on any atom is 0.343 e. The first kappa shape index (κ1) is 10.2. The van der Waals surface area contributed by atoms with Gasteiger partial charge in [0.2, 0.25) is 0 Å². The number of rotatable bonds is 3. The fourth-order valence-electron chi connectivity index (χ4n) is 1.17. The maximum atomic E-state index is 11.8. The fraction of sp³-hybridized carbons (Fsp3) is 1.00. The second-order valence-electron chi connectivity index (χ2n) is 2.49. The normalized spacial score (nSPS) is 25.2. The molecule has 0 spiro atoms. The van der Waals surface area contributed by atoms with E-state index < -0.39 is 7.67 Å². The summed E-state index contributed by atoms with van der Waals surface area (Å²) in [4.78, 5) is 0. The van der Waals surface area contributed by atoms with Crippen LogP contribution in [0.5, 0.6) is 0 Å². The quantitative estimate of drug-likeness (QED) is 0.654. The molecule has 0 aliphatic carbocycles. The standard InChI is InChI=1S/C6H15N2O3P/c1-7-12(9,10-2)8-3-5-11-6-4-8/h3-6H2,1-2H3,(H,7,9). The number of hydrogen-bond donors (Lipinski definition) is 1. The van der Waals surface area contributed by atoms with Crippen molar-refractivity contribution in [3.63, 3.8) is 0 Å². The zero-order valence-electron chi connectivity index (χ0n) is 7.45. The van der Waals surface area contributed by atoms with Gasteiger partial charge in [0.25, 0.3) is 0 Å². The van der Waals surface area contributed by atoms with Gasteiger partial charge in [-0.1, -0.05) is 0 Å². The van der Waals surface area contributed by atoms with Crippen LogP contribution in [0.3, 0.4) is 0 Å². The second kappa shape index (κ2) is 4.35. The summed E-state index contributed by atoms with van der Waals surface area (Å²) in [6.45, 7) is 2.56. The Morgan fingerprint density at radius 1 is 1.50 bits per heavy atom. The minimum Gasteiger partial charge on any atom is -0.379 e. The van der Waals surface area contributed by atoms with E-state index in [1.807, 2.05) is 0 Å². The van der Waals surface area contributed by atoms with E-state index in [2.05, 4.69) is 5.09 Å². The maximum absolute atomic E-state index is 11.8. The van der Waals surface area contributed by atoms with E-state index in [-0.39, 0.29) is 0 Å². The Labute approximate surface area is 72.6 Å². The molecule has 1 fully saturated rings. The highest BCUT2D eigenvalue weighted by atomic mass is 31.2. The van der Waals surface area contributed by atoms with Crippen molar-refractivity contribution >= 4 is 7.67 Å². The van der Waals surface area contributed by atoms with Gasteiger partial charge in [0.05, 0.1) is 13.2 Å². The number of nitrogens with one attached hydrogen (secondary N) is 1. The molecule has 72 valence electrons. The number of hydrogen-bond acceptors (Lipinski definition) is 3. The summed E-state index contributed by atoms with van der Waals surface area (Å²) in [5.41, 5.74) is 0. The second-order valence-corrected chi connectivity index (χ2v) is 4.91. The molecule has 0 radical (unpaired) electrons. The highest BCUT2D eigenvalue weighted by Crippen LogP contribution is 2.44. The minimum atomic E-state index is -2.75.